The molecule has 34 heavy (non-hydrogen) atoms. The number of hydrogen-bond acceptors (Lipinski definition) is 5. The van der Waals surface area contributed by atoms with Gasteiger partial charge in [-0.15, -0.1) is 0 Å². The number of nitrogens with zero attached hydrogens (tertiary/aromatic N) is 4. The van der Waals surface area contributed by atoms with Gasteiger partial charge in [-0.05, 0) is 60.9 Å². The van der Waals surface area contributed by atoms with Gasteiger partial charge in [0.25, 0.3) is 5.56 Å². The Hall–Kier alpha value is -3.11. The highest BCUT2D eigenvalue weighted by Crippen LogP contribution is 2.37. The van der Waals surface area contributed by atoms with Crippen LogP contribution in [0.5, 0.6) is 0 Å². The zero-order valence-electron chi connectivity index (χ0n) is 19.6. The maximum atomic E-state index is 12.8. The van der Waals surface area contributed by atoms with E-state index < -0.39 is 0 Å². The summed E-state index contributed by atoms with van der Waals surface area (Å²) >= 11 is 0. The van der Waals surface area contributed by atoms with E-state index in [1.165, 1.54) is 43.4 Å². The van der Waals surface area contributed by atoms with Gasteiger partial charge in [-0.25, -0.2) is 0 Å². The number of nitriles is 1. The summed E-state index contributed by atoms with van der Waals surface area (Å²) in [6.07, 6.45) is 11.1. The van der Waals surface area contributed by atoms with E-state index in [4.69, 9.17) is 5.10 Å². The van der Waals surface area contributed by atoms with E-state index in [1.807, 2.05) is 10.7 Å². The topological polar surface area (TPSA) is 89.7 Å². The molecule has 1 aromatic carbocycles. The highest BCUT2D eigenvalue weighted by molar-refractivity contribution is 5.91. The lowest BCUT2D eigenvalue weighted by Crippen LogP contribution is -2.23. The molecule has 0 bridgehead atoms. The van der Waals surface area contributed by atoms with E-state index in [0.717, 1.165) is 55.9 Å². The van der Waals surface area contributed by atoms with Crippen LogP contribution in [0.15, 0.2) is 35.3 Å². The molecular formula is C27H32N6O. The number of aromatic amines is 1. The van der Waals surface area contributed by atoms with Crippen molar-refractivity contribution in [1.29, 1.82) is 5.26 Å². The summed E-state index contributed by atoms with van der Waals surface area (Å²) in [4.78, 5) is 18.2. The van der Waals surface area contributed by atoms with Crippen LogP contribution in [0, 0.1) is 23.2 Å². The van der Waals surface area contributed by atoms with E-state index in [2.05, 4.69) is 39.5 Å². The number of fused-ring (bicyclic) bond motifs is 2. The average molecular weight is 457 g/mol. The van der Waals surface area contributed by atoms with Crippen LogP contribution in [0.2, 0.25) is 0 Å². The smallest absolute Gasteiger partial charge is 0.261 e. The van der Waals surface area contributed by atoms with Gasteiger partial charge in [0.15, 0.2) is 5.82 Å². The fourth-order valence-electron chi connectivity index (χ4n) is 6.36. The molecule has 2 aromatic heterocycles. The Balaban J connectivity index is 1.28. The summed E-state index contributed by atoms with van der Waals surface area (Å²) in [5, 5.41) is 18.6. The number of aromatic nitrogens is 3. The third kappa shape index (κ3) is 3.90. The van der Waals surface area contributed by atoms with E-state index in [-0.39, 0.29) is 17.5 Å². The first kappa shape index (κ1) is 21.4. The van der Waals surface area contributed by atoms with Gasteiger partial charge in [-0.3, -0.25) is 14.4 Å². The van der Waals surface area contributed by atoms with Crippen molar-refractivity contribution in [1.82, 2.24) is 19.7 Å². The van der Waals surface area contributed by atoms with E-state index >= 15 is 0 Å². The molecule has 0 saturated heterocycles. The lowest BCUT2D eigenvalue weighted by Gasteiger charge is -2.27. The Morgan fingerprint density at radius 3 is 2.71 bits per heavy atom. The third-order valence-electron chi connectivity index (χ3n) is 8.09. The molecule has 3 aromatic rings. The Morgan fingerprint density at radius 2 is 1.85 bits per heavy atom. The zero-order valence-corrected chi connectivity index (χ0v) is 19.6. The highest BCUT2D eigenvalue weighted by Gasteiger charge is 2.30. The molecule has 0 amide bonds. The van der Waals surface area contributed by atoms with Crippen LogP contribution in [-0.2, 0) is 13.1 Å². The monoisotopic (exact) mass is 456 g/mol. The zero-order chi connectivity index (χ0) is 23.1. The Kier molecular flexibility index (Phi) is 5.62. The van der Waals surface area contributed by atoms with Gasteiger partial charge in [-0.2, -0.15) is 10.4 Å². The lowest BCUT2D eigenvalue weighted by atomic mass is 9.85. The van der Waals surface area contributed by atoms with Crippen LogP contribution >= 0.6 is 0 Å². The second-order valence-electron chi connectivity index (χ2n) is 10.4. The minimum absolute atomic E-state index is 0.00256. The van der Waals surface area contributed by atoms with Crippen molar-refractivity contribution in [3.05, 3.63) is 51.9 Å². The Bertz CT molecular complexity index is 1290. The van der Waals surface area contributed by atoms with Gasteiger partial charge in [0.05, 0.1) is 23.5 Å². The summed E-state index contributed by atoms with van der Waals surface area (Å²) < 4.78 is 1.93. The Labute approximate surface area is 199 Å². The first-order valence-electron chi connectivity index (χ1n) is 12.8. The molecular weight excluding hydrogens is 424 g/mol. The number of nitrogens with one attached hydrogen (secondary N) is 2. The summed E-state index contributed by atoms with van der Waals surface area (Å²) in [7, 11) is 0. The molecule has 0 radical (unpaired) electrons. The van der Waals surface area contributed by atoms with Crippen LogP contribution in [0.25, 0.3) is 10.9 Å². The van der Waals surface area contributed by atoms with Crippen molar-refractivity contribution in [2.75, 3.05) is 11.9 Å². The first-order chi connectivity index (χ1) is 16.7. The van der Waals surface area contributed by atoms with E-state index in [9.17, 15) is 10.1 Å². The van der Waals surface area contributed by atoms with Crippen LogP contribution < -0.4 is 10.9 Å². The number of benzene rings is 1. The fourth-order valence-corrected chi connectivity index (χ4v) is 6.36. The molecule has 2 unspecified atom stereocenters. The quantitative estimate of drug-likeness (QED) is 0.549. The Morgan fingerprint density at radius 1 is 1.06 bits per heavy atom. The van der Waals surface area contributed by atoms with Gasteiger partial charge in [0.2, 0.25) is 0 Å². The third-order valence-corrected chi connectivity index (χ3v) is 8.09. The first-order valence-corrected chi connectivity index (χ1v) is 12.8. The standard InChI is InChI=1S/C27H32N6O/c28-14-19-7-3-4-8-23(19)33-24-11-12-29-27(34)25(24)26(31-33)30-22-10-9-20-16-32(17-21(20)13-22)15-18-5-1-2-6-18/h9-13,18-19,23H,1-8,15-17H2,(H,29,34)(H,30,31). The van der Waals surface area contributed by atoms with Gasteiger partial charge < -0.3 is 10.3 Å². The van der Waals surface area contributed by atoms with Crippen LogP contribution in [0.3, 0.4) is 0 Å². The van der Waals surface area contributed by atoms with Crippen LogP contribution in [-0.4, -0.2) is 26.2 Å². The molecule has 1 aliphatic heterocycles. The van der Waals surface area contributed by atoms with Crippen LogP contribution in [0.1, 0.15) is 68.5 Å². The molecule has 2 aliphatic carbocycles. The molecule has 176 valence electrons. The summed E-state index contributed by atoms with van der Waals surface area (Å²) in [5.41, 5.74) is 4.35. The molecule has 7 nitrogen and oxygen atoms in total. The molecule has 3 heterocycles. The summed E-state index contributed by atoms with van der Waals surface area (Å²) in [6.45, 7) is 3.22. The van der Waals surface area contributed by atoms with Crippen molar-refractivity contribution in [3.8, 4) is 6.07 Å². The number of rotatable bonds is 5. The second kappa shape index (κ2) is 8.92. The summed E-state index contributed by atoms with van der Waals surface area (Å²) in [5.74, 6) is 1.35. The van der Waals surface area contributed by atoms with Gasteiger partial charge in [0.1, 0.15) is 5.39 Å². The van der Waals surface area contributed by atoms with Gasteiger partial charge >= 0.3 is 0 Å². The van der Waals surface area contributed by atoms with Crippen molar-refractivity contribution in [2.45, 2.75) is 70.5 Å². The number of anilines is 2. The van der Waals surface area contributed by atoms with Crippen molar-refractivity contribution in [3.63, 3.8) is 0 Å². The molecule has 2 N–H and O–H groups in total. The largest absolute Gasteiger partial charge is 0.338 e. The van der Waals surface area contributed by atoms with Gasteiger partial charge in [-0.1, -0.05) is 31.7 Å². The molecule has 3 aliphatic rings. The lowest BCUT2D eigenvalue weighted by molar-refractivity contribution is 0.237. The number of H-pyrrole nitrogens is 1. The van der Waals surface area contributed by atoms with E-state index in [0.29, 0.717) is 11.2 Å². The van der Waals surface area contributed by atoms with Gasteiger partial charge in [0, 0.05) is 31.5 Å². The molecule has 7 heteroatoms. The van der Waals surface area contributed by atoms with E-state index in [1.54, 1.807) is 6.20 Å². The number of hydrogen-bond donors (Lipinski definition) is 2. The fraction of sp³-hybridized carbons (Fsp3) is 0.519. The normalized spacial score (nSPS) is 23.3. The predicted octanol–water partition coefficient (Wildman–Crippen LogP) is 5.23. The van der Waals surface area contributed by atoms with Crippen LogP contribution in [0.4, 0.5) is 11.5 Å². The summed E-state index contributed by atoms with van der Waals surface area (Å²) in [6, 6.07) is 10.9. The van der Waals surface area contributed by atoms with Crippen molar-refractivity contribution >= 4 is 22.4 Å². The van der Waals surface area contributed by atoms with Crippen molar-refractivity contribution < 1.29 is 0 Å². The maximum Gasteiger partial charge on any atom is 0.261 e. The minimum atomic E-state index is -0.153. The molecule has 0 spiro atoms. The highest BCUT2D eigenvalue weighted by atomic mass is 16.1. The predicted molar refractivity (Wildman–Crippen MR) is 133 cm³/mol. The average Bonchev–Trinajstić information content (AvgIpc) is 3.58. The second-order valence-corrected chi connectivity index (χ2v) is 10.4. The minimum Gasteiger partial charge on any atom is -0.338 e. The SMILES string of the molecule is N#CC1CCCCC1n1nc(Nc2ccc3c(c2)CN(CC2CCCC2)C3)c2c(=O)[nH]ccc21. The molecule has 2 fully saturated rings. The molecule has 2 saturated carbocycles. The van der Waals surface area contributed by atoms with Crippen molar-refractivity contribution in [2.24, 2.45) is 11.8 Å². The number of pyridine rings is 1. The molecule has 6 rings (SSSR count). The molecule has 2 atom stereocenters. The maximum absolute atomic E-state index is 12.8.